The Balaban J connectivity index is 2.56. The maximum absolute atomic E-state index is 12.5. The zero-order chi connectivity index (χ0) is 21.5. The molecule has 0 saturated carbocycles. The number of alkyl carbamates (subject to hydrolysis) is 1. The fourth-order valence-electron chi connectivity index (χ4n) is 3.01. The zero-order valence-corrected chi connectivity index (χ0v) is 18.3. The summed E-state index contributed by atoms with van der Waals surface area (Å²) < 4.78 is 15.8. The van der Waals surface area contributed by atoms with Crippen LogP contribution in [-0.4, -0.2) is 60.0 Å². The van der Waals surface area contributed by atoms with Gasteiger partial charge in [-0.2, -0.15) is 0 Å². The first-order chi connectivity index (χ1) is 12.8. The van der Waals surface area contributed by atoms with Gasteiger partial charge >= 0.3 is 18.2 Å². The van der Waals surface area contributed by atoms with Gasteiger partial charge in [0.1, 0.15) is 17.2 Å². The molecule has 1 unspecified atom stereocenters. The molecular weight excluding hydrogens is 364 g/mol. The van der Waals surface area contributed by atoms with E-state index in [0.717, 1.165) is 12.8 Å². The lowest BCUT2D eigenvalue weighted by molar-refractivity contribution is -0.148. The molecule has 1 aliphatic heterocycles. The molecule has 0 aromatic rings. The molecule has 0 radical (unpaired) electrons. The molecule has 2 amide bonds. The Morgan fingerprint density at radius 2 is 1.64 bits per heavy atom. The highest BCUT2D eigenvalue weighted by Gasteiger charge is 2.42. The number of likely N-dealkylation sites (tertiary alicyclic amines) is 1. The highest BCUT2D eigenvalue weighted by molar-refractivity contribution is 5.82. The van der Waals surface area contributed by atoms with Crippen molar-refractivity contribution < 1.29 is 28.6 Å². The lowest BCUT2D eigenvalue weighted by Crippen LogP contribution is -2.44. The summed E-state index contributed by atoms with van der Waals surface area (Å²) in [4.78, 5) is 37.9. The van der Waals surface area contributed by atoms with Crippen molar-refractivity contribution >= 4 is 18.2 Å². The molecule has 1 heterocycles. The quantitative estimate of drug-likeness (QED) is 0.417. The molecule has 0 aromatic carbocycles. The van der Waals surface area contributed by atoms with Crippen molar-refractivity contribution in [2.75, 3.05) is 19.7 Å². The van der Waals surface area contributed by atoms with Crippen LogP contribution in [-0.2, 0) is 19.0 Å². The van der Waals surface area contributed by atoms with Gasteiger partial charge in [-0.05, 0) is 73.6 Å². The molecule has 1 fully saturated rings. The first kappa shape index (κ1) is 24.0. The lowest BCUT2D eigenvalue weighted by Gasteiger charge is -2.27. The highest BCUT2D eigenvalue weighted by Crippen LogP contribution is 2.29. The number of nitrogens with zero attached hydrogens (tertiary/aromatic N) is 1. The van der Waals surface area contributed by atoms with Gasteiger partial charge in [-0.25, -0.2) is 14.4 Å². The van der Waals surface area contributed by atoms with Gasteiger partial charge in [-0.3, -0.25) is 4.90 Å². The van der Waals surface area contributed by atoms with Crippen LogP contribution < -0.4 is 5.32 Å². The standard InChI is InChI=1S/C20H36N2O6/c1-8-26-16(23)15-12-14(13-22(15)18(25)28-20(5,6)7)10-9-11-21-17(24)27-19(2,3)4/h14-15H,8-13H2,1-7H3,(H,21,24)/t14?,15-/m0/s1. The maximum atomic E-state index is 12.5. The van der Waals surface area contributed by atoms with Crippen molar-refractivity contribution in [1.29, 1.82) is 0 Å². The SMILES string of the molecule is CCOC(=O)[C@@H]1CC(CCCNC(=O)OC(C)(C)C)CN1C(=O)OC(C)(C)C. The average molecular weight is 401 g/mol. The molecule has 0 bridgehead atoms. The molecule has 162 valence electrons. The van der Waals surface area contributed by atoms with Crippen molar-refractivity contribution in [2.45, 2.75) is 85.0 Å². The zero-order valence-electron chi connectivity index (χ0n) is 18.3. The normalized spacial score (nSPS) is 19.9. The topological polar surface area (TPSA) is 94.2 Å². The molecule has 1 aliphatic rings. The summed E-state index contributed by atoms with van der Waals surface area (Å²) in [5.74, 6) is -0.259. The van der Waals surface area contributed by atoms with Gasteiger partial charge in [0.25, 0.3) is 0 Å². The Morgan fingerprint density at radius 1 is 1.04 bits per heavy atom. The van der Waals surface area contributed by atoms with E-state index in [1.165, 1.54) is 4.90 Å². The van der Waals surface area contributed by atoms with Gasteiger partial charge in [0.2, 0.25) is 0 Å². The molecular formula is C20H36N2O6. The van der Waals surface area contributed by atoms with Crippen LogP contribution in [0.5, 0.6) is 0 Å². The second kappa shape index (κ2) is 9.98. The summed E-state index contributed by atoms with van der Waals surface area (Å²) in [6, 6.07) is -0.626. The molecule has 2 atom stereocenters. The molecule has 1 N–H and O–H groups in total. The van der Waals surface area contributed by atoms with Crippen LogP contribution in [0.3, 0.4) is 0 Å². The predicted molar refractivity (Wildman–Crippen MR) is 105 cm³/mol. The van der Waals surface area contributed by atoms with Crippen LogP contribution in [0.15, 0.2) is 0 Å². The van der Waals surface area contributed by atoms with Crippen molar-refractivity contribution in [3.63, 3.8) is 0 Å². The summed E-state index contributed by atoms with van der Waals surface area (Å²) in [7, 11) is 0. The Bertz CT molecular complexity index is 550. The summed E-state index contributed by atoms with van der Waals surface area (Å²) >= 11 is 0. The largest absolute Gasteiger partial charge is 0.464 e. The Labute approximate surface area is 168 Å². The molecule has 0 aliphatic carbocycles. The third-order valence-corrected chi connectivity index (χ3v) is 4.03. The second-order valence-electron chi connectivity index (χ2n) is 9.07. The van der Waals surface area contributed by atoms with E-state index in [-0.39, 0.29) is 12.5 Å². The van der Waals surface area contributed by atoms with Gasteiger partial charge in [0.15, 0.2) is 0 Å². The van der Waals surface area contributed by atoms with Crippen molar-refractivity contribution in [3.05, 3.63) is 0 Å². The van der Waals surface area contributed by atoms with Crippen LogP contribution in [0.4, 0.5) is 9.59 Å². The average Bonchev–Trinajstić information content (AvgIpc) is 2.93. The molecule has 1 saturated heterocycles. The van der Waals surface area contributed by atoms with Crippen LogP contribution >= 0.6 is 0 Å². The number of carbonyl (C=O) groups is 3. The fourth-order valence-corrected chi connectivity index (χ4v) is 3.01. The molecule has 1 rings (SSSR count). The summed E-state index contributed by atoms with van der Waals surface area (Å²) in [5, 5.41) is 2.72. The van der Waals surface area contributed by atoms with Crippen molar-refractivity contribution in [1.82, 2.24) is 10.2 Å². The summed E-state index contributed by atoms with van der Waals surface area (Å²) in [5.41, 5.74) is -1.16. The highest BCUT2D eigenvalue weighted by atomic mass is 16.6. The Morgan fingerprint density at radius 3 is 2.18 bits per heavy atom. The van der Waals surface area contributed by atoms with E-state index in [1.807, 2.05) is 20.8 Å². The van der Waals surface area contributed by atoms with Gasteiger partial charge in [-0.1, -0.05) is 0 Å². The molecule has 8 nitrogen and oxygen atoms in total. The number of rotatable bonds is 6. The van der Waals surface area contributed by atoms with Gasteiger partial charge in [0, 0.05) is 13.1 Å². The minimum Gasteiger partial charge on any atom is -0.464 e. The summed E-state index contributed by atoms with van der Waals surface area (Å²) in [6.45, 7) is 13.7. The van der Waals surface area contributed by atoms with Gasteiger partial charge < -0.3 is 19.5 Å². The number of amides is 2. The van der Waals surface area contributed by atoms with E-state index < -0.39 is 35.4 Å². The maximum Gasteiger partial charge on any atom is 0.411 e. The van der Waals surface area contributed by atoms with E-state index in [4.69, 9.17) is 14.2 Å². The number of ether oxygens (including phenoxy) is 3. The Kier molecular flexibility index (Phi) is 8.57. The smallest absolute Gasteiger partial charge is 0.411 e. The first-order valence-corrected chi connectivity index (χ1v) is 9.95. The second-order valence-corrected chi connectivity index (χ2v) is 9.07. The third-order valence-electron chi connectivity index (χ3n) is 4.03. The van der Waals surface area contributed by atoms with Crippen LogP contribution in [0, 0.1) is 5.92 Å². The number of hydrogen-bond donors (Lipinski definition) is 1. The van der Waals surface area contributed by atoms with E-state index in [2.05, 4.69) is 5.32 Å². The first-order valence-electron chi connectivity index (χ1n) is 9.95. The molecule has 28 heavy (non-hydrogen) atoms. The van der Waals surface area contributed by atoms with Crippen LogP contribution in [0.2, 0.25) is 0 Å². The fraction of sp³-hybridized carbons (Fsp3) is 0.850. The number of carbonyl (C=O) groups excluding carboxylic acids is 3. The third kappa shape index (κ3) is 8.80. The van der Waals surface area contributed by atoms with Crippen molar-refractivity contribution in [3.8, 4) is 0 Å². The van der Waals surface area contributed by atoms with Crippen LogP contribution in [0.25, 0.3) is 0 Å². The van der Waals surface area contributed by atoms with Gasteiger partial charge in [0.05, 0.1) is 6.61 Å². The molecule has 8 heteroatoms. The van der Waals surface area contributed by atoms with Crippen molar-refractivity contribution in [2.24, 2.45) is 5.92 Å². The number of nitrogens with one attached hydrogen (secondary N) is 1. The molecule has 0 aromatic heterocycles. The predicted octanol–water partition coefficient (Wildman–Crippen LogP) is 3.48. The van der Waals surface area contributed by atoms with E-state index >= 15 is 0 Å². The van der Waals surface area contributed by atoms with Crippen LogP contribution in [0.1, 0.15) is 67.7 Å². The van der Waals surface area contributed by atoms with Gasteiger partial charge in [-0.15, -0.1) is 0 Å². The number of esters is 1. The Hall–Kier alpha value is -1.99. The van der Waals surface area contributed by atoms with E-state index in [0.29, 0.717) is 19.5 Å². The van der Waals surface area contributed by atoms with E-state index in [9.17, 15) is 14.4 Å². The molecule has 0 spiro atoms. The lowest BCUT2D eigenvalue weighted by atomic mass is 10.00. The summed E-state index contributed by atoms with van der Waals surface area (Å²) in [6.07, 6.45) is 1.08. The monoisotopic (exact) mass is 400 g/mol. The minimum atomic E-state index is -0.633. The number of hydrogen-bond acceptors (Lipinski definition) is 6. The minimum absolute atomic E-state index is 0.141. The van der Waals surface area contributed by atoms with E-state index in [1.54, 1.807) is 27.7 Å².